The van der Waals surface area contributed by atoms with Crippen molar-refractivity contribution in [2.45, 2.75) is 129 Å². The van der Waals surface area contributed by atoms with Crippen LogP contribution in [-0.4, -0.2) is 15.4 Å². The monoisotopic (exact) mass is 342 g/mol. The first-order chi connectivity index (χ1) is 11.1. The fourth-order valence-electron chi connectivity index (χ4n) is 3.20. The molecule has 0 amide bonds. The number of unbranched alkanes of at least 4 members (excludes halogenated alkanes) is 15. The highest BCUT2D eigenvalue weighted by atomic mass is 28.4. The molecule has 0 N–H and O–H groups in total. The van der Waals surface area contributed by atoms with E-state index in [2.05, 4.69) is 20.0 Å². The van der Waals surface area contributed by atoms with Crippen LogP contribution in [0.1, 0.15) is 110 Å². The summed E-state index contributed by atoms with van der Waals surface area (Å²) in [6, 6.07) is 1.34. The fourth-order valence-corrected chi connectivity index (χ4v) is 4.51. The van der Waals surface area contributed by atoms with Gasteiger partial charge in [0.1, 0.15) is 0 Å². The van der Waals surface area contributed by atoms with Crippen LogP contribution >= 0.6 is 0 Å². The highest BCUT2D eigenvalue weighted by Gasteiger charge is 2.18. The maximum atomic E-state index is 5.60. The lowest BCUT2D eigenvalue weighted by atomic mass is 10.0. The van der Waals surface area contributed by atoms with Gasteiger partial charge in [-0.3, -0.25) is 0 Å². The van der Waals surface area contributed by atoms with Gasteiger partial charge in [-0.25, -0.2) is 0 Å². The average Bonchev–Trinajstić information content (AvgIpc) is 2.54. The smallest absolute Gasteiger partial charge is 0.186 e. The molecule has 2 heteroatoms. The Morgan fingerprint density at radius 2 is 0.826 bits per heavy atom. The van der Waals surface area contributed by atoms with E-state index in [0.29, 0.717) is 0 Å². The minimum absolute atomic E-state index is 1.28. The molecule has 0 aromatic heterocycles. The maximum Gasteiger partial charge on any atom is 0.186 e. The van der Waals surface area contributed by atoms with E-state index >= 15 is 0 Å². The van der Waals surface area contributed by atoms with Gasteiger partial charge in [-0.15, -0.1) is 0 Å². The molecule has 0 atom stereocenters. The van der Waals surface area contributed by atoms with Crippen LogP contribution in [0.5, 0.6) is 0 Å². The first kappa shape index (κ1) is 23.2. The predicted octanol–water partition coefficient (Wildman–Crippen LogP) is 8.10. The molecule has 0 unspecified atom stereocenters. The third-order valence-corrected chi connectivity index (χ3v) is 7.85. The van der Waals surface area contributed by atoms with Crippen molar-refractivity contribution in [3.05, 3.63) is 0 Å². The number of hydrogen-bond acceptors (Lipinski definition) is 1. The van der Waals surface area contributed by atoms with Crippen molar-refractivity contribution in [3.8, 4) is 0 Å². The summed E-state index contributed by atoms with van der Waals surface area (Å²) in [5.41, 5.74) is 0. The SMILES string of the molecule is CCCCCCCCCCCCCCCCCC[Si](C)(C)OC. The summed E-state index contributed by atoms with van der Waals surface area (Å²) < 4.78 is 5.60. The molecular weight excluding hydrogens is 296 g/mol. The fraction of sp³-hybridized carbons (Fsp3) is 1.00. The Morgan fingerprint density at radius 3 is 1.13 bits per heavy atom. The van der Waals surface area contributed by atoms with Crippen LogP contribution in [0.15, 0.2) is 0 Å². The molecule has 23 heavy (non-hydrogen) atoms. The normalized spacial score (nSPS) is 12.0. The summed E-state index contributed by atoms with van der Waals surface area (Å²) in [7, 11) is 0.603. The quantitative estimate of drug-likeness (QED) is 0.180. The predicted molar refractivity (Wildman–Crippen MR) is 109 cm³/mol. The minimum Gasteiger partial charge on any atom is -0.420 e. The molecule has 140 valence electrons. The van der Waals surface area contributed by atoms with Crippen LogP contribution < -0.4 is 0 Å². The van der Waals surface area contributed by atoms with E-state index in [-0.39, 0.29) is 0 Å². The average molecular weight is 343 g/mol. The van der Waals surface area contributed by atoms with Gasteiger partial charge < -0.3 is 4.43 Å². The van der Waals surface area contributed by atoms with Crippen molar-refractivity contribution in [2.24, 2.45) is 0 Å². The zero-order valence-corrected chi connectivity index (χ0v) is 17.9. The zero-order chi connectivity index (χ0) is 17.2. The second-order valence-corrected chi connectivity index (χ2v) is 12.4. The molecule has 0 heterocycles. The standard InChI is InChI=1S/C21H46OSi/c1-5-6-7-8-9-10-11-12-13-14-15-16-17-18-19-20-21-23(3,4)22-2/h5-21H2,1-4H3. The molecule has 0 aliphatic rings. The first-order valence-electron chi connectivity index (χ1n) is 10.7. The molecule has 0 radical (unpaired) electrons. The summed E-state index contributed by atoms with van der Waals surface area (Å²) in [6.45, 7) is 6.96. The van der Waals surface area contributed by atoms with Gasteiger partial charge in [0.05, 0.1) is 0 Å². The van der Waals surface area contributed by atoms with Crippen LogP contribution in [0.3, 0.4) is 0 Å². The van der Waals surface area contributed by atoms with Gasteiger partial charge >= 0.3 is 0 Å². The van der Waals surface area contributed by atoms with Gasteiger partial charge in [0.15, 0.2) is 8.32 Å². The van der Waals surface area contributed by atoms with Gasteiger partial charge in [-0.1, -0.05) is 110 Å². The second-order valence-electron chi connectivity index (χ2n) is 8.02. The topological polar surface area (TPSA) is 9.23 Å². The second kappa shape index (κ2) is 17.0. The Morgan fingerprint density at radius 1 is 0.522 bits per heavy atom. The Labute approximate surface area is 149 Å². The highest BCUT2D eigenvalue weighted by molar-refractivity contribution is 6.71. The largest absolute Gasteiger partial charge is 0.420 e. The van der Waals surface area contributed by atoms with Gasteiger partial charge in [-0.2, -0.15) is 0 Å². The van der Waals surface area contributed by atoms with Crippen LogP contribution in [0.25, 0.3) is 0 Å². The summed E-state index contributed by atoms with van der Waals surface area (Å²) >= 11 is 0. The van der Waals surface area contributed by atoms with Crippen LogP contribution in [0.4, 0.5) is 0 Å². The minimum atomic E-state index is -1.28. The number of hydrogen-bond donors (Lipinski definition) is 0. The molecule has 0 aromatic rings. The Hall–Kier alpha value is 0.177. The van der Waals surface area contributed by atoms with E-state index in [1.165, 1.54) is 109 Å². The molecule has 0 aromatic carbocycles. The van der Waals surface area contributed by atoms with E-state index in [4.69, 9.17) is 4.43 Å². The van der Waals surface area contributed by atoms with Crippen LogP contribution in [0.2, 0.25) is 19.1 Å². The van der Waals surface area contributed by atoms with Crippen molar-refractivity contribution in [1.29, 1.82) is 0 Å². The van der Waals surface area contributed by atoms with Gasteiger partial charge in [0, 0.05) is 7.11 Å². The molecule has 0 bridgehead atoms. The molecule has 0 rings (SSSR count). The van der Waals surface area contributed by atoms with Gasteiger partial charge in [0.25, 0.3) is 0 Å². The molecular formula is C21H46OSi. The lowest BCUT2D eigenvalue weighted by molar-refractivity contribution is 0.400. The molecule has 0 spiro atoms. The third kappa shape index (κ3) is 18.4. The number of rotatable bonds is 18. The summed E-state index contributed by atoms with van der Waals surface area (Å²) in [4.78, 5) is 0. The summed E-state index contributed by atoms with van der Waals surface area (Å²) in [5, 5.41) is 0. The Bertz CT molecular complexity index is 228. The molecule has 0 saturated carbocycles. The van der Waals surface area contributed by atoms with E-state index in [1.807, 2.05) is 7.11 Å². The van der Waals surface area contributed by atoms with E-state index in [9.17, 15) is 0 Å². The van der Waals surface area contributed by atoms with Crippen molar-refractivity contribution in [3.63, 3.8) is 0 Å². The lowest BCUT2D eigenvalue weighted by Gasteiger charge is -2.19. The van der Waals surface area contributed by atoms with Crippen molar-refractivity contribution >= 4 is 8.32 Å². The third-order valence-electron chi connectivity index (χ3n) is 5.18. The van der Waals surface area contributed by atoms with E-state index < -0.39 is 8.32 Å². The highest BCUT2D eigenvalue weighted by Crippen LogP contribution is 2.17. The van der Waals surface area contributed by atoms with Crippen molar-refractivity contribution in [2.75, 3.05) is 7.11 Å². The van der Waals surface area contributed by atoms with Gasteiger partial charge in [-0.05, 0) is 19.1 Å². The molecule has 1 nitrogen and oxygen atoms in total. The molecule has 0 saturated heterocycles. The molecule has 0 aliphatic carbocycles. The van der Waals surface area contributed by atoms with E-state index in [1.54, 1.807) is 0 Å². The molecule has 0 aliphatic heterocycles. The lowest BCUT2D eigenvalue weighted by Crippen LogP contribution is -2.27. The van der Waals surface area contributed by atoms with Gasteiger partial charge in [0.2, 0.25) is 0 Å². The molecule has 0 fully saturated rings. The Balaban J connectivity index is 3.05. The maximum absolute atomic E-state index is 5.60. The summed E-state index contributed by atoms with van der Waals surface area (Å²) in [6.07, 6.45) is 23.2. The first-order valence-corrected chi connectivity index (χ1v) is 13.8. The van der Waals surface area contributed by atoms with Crippen molar-refractivity contribution in [1.82, 2.24) is 0 Å². The van der Waals surface area contributed by atoms with Crippen molar-refractivity contribution < 1.29 is 4.43 Å². The summed E-state index contributed by atoms with van der Waals surface area (Å²) in [5.74, 6) is 0. The van der Waals surface area contributed by atoms with Crippen LogP contribution in [0, 0.1) is 0 Å². The zero-order valence-electron chi connectivity index (χ0n) is 16.9. The van der Waals surface area contributed by atoms with Crippen LogP contribution in [-0.2, 0) is 4.43 Å². The van der Waals surface area contributed by atoms with E-state index in [0.717, 1.165) is 0 Å². The Kier molecular flexibility index (Phi) is 17.1.